The van der Waals surface area contributed by atoms with Gasteiger partial charge in [0.15, 0.2) is 5.82 Å². The number of allylic oxidation sites excluding steroid dienone is 2. The second kappa shape index (κ2) is 7.96. The van der Waals surface area contributed by atoms with E-state index in [0.29, 0.717) is 5.82 Å². The molecule has 0 radical (unpaired) electrons. The summed E-state index contributed by atoms with van der Waals surface area (Å²) >= 11 is 0. The molecule has 4 aromatic rings. The third-order valence-corrected chi connectivity index (χ3v) is 5.90. The fraction of sp³-hybridized carbons (Fsp3) is 0.250. The summed E-state index contributed by atoms with van der Waals surface area (Å²) in [6.45, 7) is 4.00. The molecule has 5 rings (SSSR count). The minimum atomic E-state index is -0.163. The van der Waals surface area contributed by atoms with Crippen LogP contribution in [0.25, 0.3) is 27.9 Å². The average molecular weight is 428 g/mol. The number of rotatable bonds is 6. The molecule has 1 fully saturated rings. The van der Waals surface area contributed by atoms with Crippen molar-refractivity contribution in [1.82, 2.24) is 34.8 Å². The van der Waals surface area contributed by atoms with Gasteiger partial charge in [-0.3, -0.25) is 14.2 Å². The average Bonchev–Trinajstić information content (AvgIpc) is 3.49. The van der Waals surface area contributed by atoms with E-state index in [9.17, 15) is 4.79 Å². The van der Waals surface area contributed by atoms with Gasteiger partial charge in [0.05, 0.1) is 17.4 Å². The Morgan fingerprint density at radius 1 is 1.19 bits per heavy atom. The molecule has 1 aliphatic rings. The van der Waals surface area contributed by atoms with Gasteiger partial charge >= 0.3 is 5.69 Å². The highest BCUT2D eigenvalue weighted by atomic mass is 16.1. The van der Waals surface area contributed by atoms with Gasteiger partial charge in [0.2, 0.25) is 0 Å². The molecule has 8 nitrogen and oxygen atoms in total. The van der Waals surface area contributed by atoms with Gasteiger partial charge in [0.1, 0.15) is 0 Å². The lowest BCUT2D eigenvalue weighted by Gasteiger charge is -2.18. The van der Waals surface area contributed by atoms with Crippen LogP contribution in [0.5, 0.6) is 0 Å². The van der Waals surface area contributed by atoms with Crippen LogP contribution in [0.15, 0.2) is 59.8 Å². The Morgan fingerprint density at radius 2 is 1.97 bits per heavy atom. The van der Waals surface area contributed by atoms with Gasteiger partial charge in [-0.2, -0.15) is 10.2 Å². The monoisotopic (exact) mass is 427 g/mol. The molecule has 8 heteroatoms. The van der Waals surface area contributed by atoms with Crippen LogP contribution in [0.4, 0.5) is 0 Å². The molecule has 0 spiro atoms. The Morgan fingerprint density at radius 3 is 2.69 bits per heavy atom. The van der Waals surface area contributed by atoms with Gasteiger partial charge in [-0.05, 0) is 44.9 Å². The molecule has 2 N–H and O–H groups in total. The predicted molar refractivity (Wildman–Crippen MR) is 125 cm³/mol. The zero-order valence-electron chi connectivity index (χ0n) is 18.3. The first-order chi connectivity index (χ1) is 15.6. The zero-order chi connectivity index (χ0) is 22.2. The van der Waals surface area contributed by atoms with E-state index < -0.39 is 0 Å². The van der Waals surface area contributed by atoms with Crippen LogP contribution in [0, 0.1) is 0 Å². The summed E-state index contributed by atoms with van der Waals surface area (Å²) in [4.78, 5) is 16.6. The number of fused-ring (bicyclic) bond motifs is 1. The molecule has 0 amide bonds. The predicted octanol–water partition coefficient (Wildman–Crippen LogP) is 3.73. The molecule has 0 unspecified atom stereocenters. The van der Waals surface area contributed by atoms with Crippen molar-refractivity contribution in [3.8, 4) is 0 Å². The topological polar surface area (TPSA) is 93.4 Å². The van der Waals surface area contributed by atoms with E-state index in [2.05, 4.69) is 43.8 Å². The van der Waals surface area contributed by atoms with Crippen LogP contribution < -0.4 is 11.0 Å². The fourth-order valence-corrected chi connectivity index (χ4v) is 4.01. The standard InChI is InChI=1S/C24H25N7O/c1-4-20(16-9-11-25-12-10-16)27-22(17-5-6-18-14-26-30(3)21(18)13-17)15(2)23-28-29-24(32)31(23)19-7-8-19/h4-6,9-14,19,27H,7-8H2,1-3H3,(H,29,32)/b20-4-,22-15+. The lowest BCUT2D eigenvalue weighted by atomic mass is 10.0. The molecular formula is C24H25N7O. The summed E-state index contributed by atoms with van der Waals surface area (Å²) in [6, 6.07) is 10.4. The van der Waals surface area contributed by atoms with E-state index in [-0.39, 0.29) is 11.7 Å². The van der Waals surface area contributed by atoms with Crippen molar-refractivity contribution in [2.75, 3.05) is 0 Å². The quantitative estimate of drug-likeness (QED) is 0.489. The molecule has 32 heavy (non-hydrogen) atoms. The molecule has 162 valence electrons. The summed E-state index contributed by atoms with van der Waals surface area (Å²) < 4.78 is 3.64. The van der Waals surface area contributed by atoms with E-state index in [1.54, 1.807) is 17.0 Å². The van der Waals surface area contributed by atoms with Crippen molar-refractivity contribution in [2.45, 2.75) is 32.7 Å². The molecule has 1 aromatic carbocycles. The fourth-order valence-electron chi connectivity index (χ4n) is 4.01. The molecule has 1 aliphatic carbocycles. The Bertz CT molecular complexity index is 1400. The number of H-pyrrole nitrogens is 1. The maximum Gasteiger partial charge on any atom is 0.343 e. The third kappa shape index (κ3) is 3.53. The lowest BCUT2D eigenvalue weighted by Crippen LogP contribution is -2.19. The first-order valence-electron chi connectivity index (χ1n) is 10.7. The minimum absolute atomic E-state index is 0.163. The van der Waals surface area contributed by atoms with Crippen molar-refractivity contribution in [1.29, 1.82) is 0 Å². The highest BCUT2D eigenvalue weighted by Crippen LogP contribution is 2.36. The molecule has 1 saturated carbocycles. The largest absolute Gasteiger partial charge is 0.354 e. The number of hydrogen-bond donors (Lipinski definition) is 2. The molecule has 0 saturated heterocycles. The van der Waals surface area contributed by atoms with Gasteiger partial charge in [0, 0.05) is 53.3 Å². The van der Waals surface area contributed by atoms with E-state index >= 15 is 0 Å². The lowest BCUT2D eigenvalue weighted by molar-refractivity contribution is 0.699. The Balaban J connectivity index is 1.68. The second-order valence-corrected chi connectivity index (χ2v) is 8.06. The maximum atomic E-state index is 12.4. The number of aromatic nitrogens is 6. The van der Waals surface area contributed by atoms with E-state index in [4.69, 9.17) is 0 Å². The summed E-state index contributed by atoms with van der Waals surface area (Å²) in [5, 5.41) is 16.1. The summed E-state index contributed by atoms with van der Waals surface area (Å²) in [5.41, 5.74) is 5.61. The van der Waals surface area contributed by atoms with Gasteiger partial charge in [0.25, 0.3) is 0 Å². The number of nitrogens with one attached hydrogen (secondary N) is 2. The summed E-state index contributed by atoms with van der Waals surface area (Å²) in [7, 11) is 1.93. The van der Waals surface area contributed by atoms with Crippen LogP contribution in [-0.2, 0) is 7.05 Å². The second-order valence-electron chi connectivity index (χ2n) is 8.06. The Hall–Kier alpha value is -3.94. The van der Waals surface area contributed by atoms with Gasteiger partial charge in [-0.1, -0.05) is 18.2 Å². The highest BCUT2D eigenvalue weighted by molar-refractivity contribution is 5.94. The number of hydrogen-bond acceptors (Lipinski definition) is 5. The highest BCUT2D eigenvalue weighted by Gasteiger charge is 2.29. The molecule has 0 aliphatic heterocycles. The van der Waals surface area contributed by atoms with Crippen LogP contribution >= 0.6 is 0 Å². The first kappa shape index (κ1) is 20.0. The van der Waals surface area contributed by atoms with Crippen molar-refractivity contribution in [2.24, 2.45) is 7.05 Å². The van der Waals surface area contributed by atoms with Crippen LogP contribution in [0.3, 0.4) is 0 Å². The summed E-state index contributed by atoms with van der Waals surface area (Å²) in [5.74, 6) is 0.662. The van der Waals surface area contributed by atoms with E-state index in [1.807, 2.05) is 50.0 Å². The minimum Gasteiger partial charge on any atom is -0.354 e. The van der Waals surface area contributed by atoms with E-state index in [0.717, 1.165) is 51.8 Å². The normalized spacial score (nSPS) is 15.2. The summed E-state index contributed by atoms with van der Waals surface area (Å²) in [6.07, 6.45) is 9.44. The van der Waals surface area contributed by atoms with E-state index in [1.165, 1.54) is 0 Å². The molecule has 3 heterocycles. The number of aryl methyl sites for hydroxylation is 1. The molecule has 0 atom stereocenters. The maximum absolute atomic E-state index is 12.4. The first-order valence-corrected chi connectivity index (χ1v) is 10.7. The van der Waals surface area contributed by atoms with Crippen molar-refractivity contribution in [3.63, 3.8) is 0 Å². The number of pyridine rings is 1. The molecule has 0 bridgehead atoms. The SMILES string of the molecule is C/C=C(\N/C(=C(\C)c1n[nH]c(=O)n1C1CC1)c1ccc2cnn(C)c2c1)c1ccncc1. The number of nitrogens with zero attached hydrogens (tertiary/aromatic N) is 5. The van der Waals surface area contributed by atoms with Gasteiger partial charge < -0.3 is 5.32 Å². The van der Waals surface area contributed by atoms with Crippen molar-refractivity contribution in [3.05, 3.63) is 82.4 Å². The Labute approximate surface area is 185 Å². The van der Waals surface area contributed by atoms with Crippen molar-refractivity contribution >= 4 is 27.9 Å². The van der Waals surface area contributed by atoms with Gasteiger partial charge in [-0.15, -0.1) is 0 Å². The number of benzene rings is 1. The molecule has 3 aromatic heterocycles. The van der Waals surface area contributed by atoms with Crippen LogP contribution in [-0.4, -0.2) is 29.5 Å². The number of aromatic amines is 1. The molecular weight excluding hydrogens is 402 g/mol. The van der Waals surface area contributed by atoms with Crippen LogP contribution in [0.1, 0.15) is 49.7 Å². The third-order valence-electron chi connectivity index (χ3n) is 5.90. The smallest absolute Gasteiger partial charge is 0.343 e. The zero-order valence-corrected chi connectivity index (χ0v) is 18.3. The Kier molecular flexibility index (Phi) is 4.97. The van der Waals surface area contributed by atoms with Gasteiger partial charge in [-0.25, -0.2) is 9.89 Å². The van der Waals surface area contributed by atoms with Crippen LogP contribution in [0.2, 0.25) is 0 Å². The van der Waals surface area contributed by atoms with Crippen molar-refractivity contribution < 1.29 is 0 Å².